The van der Waals surface area contributed by atoms with Crippen molar-refractivity contribution in [1.29, 1.82) is 0 Å². The number of hydrogen-bond acceptors (Lipinski definition) is 4. The molecule has 0 spiro atoms. The third-order valence-corrected chi connectivity index (χ3v) is 6.40. The summed E-state index contributed by atoms with van der Waals surface area (Å²) in [6.07, 6.45) is 5.86. The van der Waals surface area contributed by atoms with Gasteiger partial charge in [-0.25, -0.2) is 0 Å². The second kappa shape index (κ2) is 10.9. The van der Waals surface area contributed by atoms with Gasteiger partial charge in [-0.3, -0.25) is 9.59 Å². The van der Waals surface area contributed by atoms with Crippen LogP contribution in [0.25, 0.3) is 6.08 Å². The summed E-state index contributed by atoms with van der Waals surface area (Å²) in [5.41, 5.74) is 2.41. The van der Waals surface area contributed by atoms with Gasteiger partial charge < -0.3 is 19.7 Å². The van der Waals surface area contributed by atoms with E-state index in [1.807, 2.05) is 41.3 Å². The lowest BCUT2D eigenvalue weighted by molar-refractivity contribution is -0.149. The van der Waals surface area contributed by atoms with Gasteiger partial charge in [0.2, 0.25) is 0 Å². The summed E-state index contributed by atoms with van der Waals surface area (Å²) in [4.78, 5) is 27.5. The van der Waals surface area contributed by atoms with E-state index in [-0.39, 0.29) is 24.0 Å². The summed E-state index contributed by atoms with van der Waals surface area (Å²) in [5.74, 6) is 0.0920. The summed E-state index contributed by atoms with van der Waals surface area (Å²) < 4.78 is 11.1. The van der Waals surface area contributed by atoms with E-state index >= 15 is 0 Å². The second-order valence-corrected chi connectivity index (χ2v) is 8.88. The topological polar surface area (TPSA) is 67.9 Å². The highest BCUT2D eigenvalue weighted by atomic mass is 35.5. The van der Waals surface area contributed by atoms with Gasteiger partial charge in [-0.05, 0) is 60.7 Å². The van der Waals surface area contributed by atoms with Crippen LogP contribution in [0.1, 0.15) is 47.2 Å². The zero-order valence-corrected chi connectivity index (χ0v) is 19.5. The Bertz CT molecular complexity index is 1000. The van der Waals surface area contributed by atoms with Gasteiger partial charge in [0.25, 0.3) is 11.8 Å². The van der Waals surface area contributed by atoms with E-state index in [0.717, 1.165) is 36.8 Å². The Morgan fingerprint density at radius 2 is 1.88 bits per heavy atom. The highest BCUT2D eigenvalue weighted by Crippen LogP contribution is 2.34. The van der Waals surface area contributed by atoms with Crippen LogP contribution in [-0.4, -0.2) is 49.1 Å². The van der Waals surface area contributed by atoms with Gasteiger partial charge in [0.05, 0.1) is 12.6 Å². The van der Waals surface area contributed by atoms with E-state index in [2.05, 4.69) is 5.32 Å². The summed E-state index contributed by atoms with van der Waals surface area (Å²) in [7, 11) is 1.59. The molecule has 1 saturated heterocycles. The van der Waals surface area contributed by atoms with Crippen molar-refractivity contribution in [2.75, 3.05) is 20.3 Å². The molecule has 2 unspecified atom stereocenters. The van der Waals surface area contributed by atoms with Crippen LogP contribution in [0.5, 0.6) is 0 Å². The summed E-state index contributed by atoms with van der Waals surface area (Å²) >= 11 is 6.03. The Labute approximate surface area is 199 Å². The van der Waals surface area contributed by atoms with Crippen LogP contribution in [0.4, 0.5) is 0 Å². The van der Waals surface area contributed by atoms with E-state index in [1.54, 1.807) is 25.3 Å². The van der Waals surface area contributed by atoms with Crippen molar-refractivity contribution in [2.24, 2.45) is 0 Å². The van der Waals surface area contributed by atoms with Crippen LogP contribution < -0.4 is 5.32 Å². The minimum Gasteiger partial charge on any atom is -0.482 e. The number of ether oxygens (including phenoxy) is 2. The van der Waals surface area contributed by atoms with Crippen molar-refractivity contribution in [3.05, 3.63) is 76.0 Å². The van der Waals surface area contributed by atoms with Crippen molar-refractivity contribution >= 4 is 29.5 Å². The van der Waals surface area contributed by atoms with Crippen molar-refractivity contribution in [3.8, 4) is 0 Å². The number of morpholine rings is 1. The molecule has 1 heterocycles. The smallest absolute Gasteiger partial charge is 0.289 e. The number of carbonyl (C=O) groups is 2. The van der Waals surface area contributed by atoms with Gasteiger partial charge >= 0.3 is 0 Å². The molecule has 2 atom stereocenters. The summed E-state index contributed by atoms with van der Waals surface area (Å²) in [6, 6.07) is 14.8. The first-order chi connectivity index (χ1) is 16.0. The van der Waals surface area contributed by atoms with Gasteiger partial charge in [0, 0.05) is 30.8 Å². The molecule has 2 fully saturated rings. The molecule has 1 aliphatic heterocycles. The Hall–Kier alpha value is -2.83. The average Bonchev–Trinajstić information content (AvgIpc) is 2.83. The Kier molecular flexibility index (Phi) is 7.68. The molecule has 6 nitrogen and oxygen atoms in total. The van der Waals surface area contributed by atoms with Crippen molar-refractivity contribution in [2.45, 2.75) is 44.4 Å². The largest absolute Gasteiger partial charge is 0.482 e. The molecule has 2 aromatic carbocycles. The van der Waals surface area contributed by atoms with Gasteiger partial charge in [-0.2, -0.15) is 0 Å². The van der Waals surface area contributed by atoms with Gasteiger partial charge in [0.1, 0.15) is 6.10 Å². The fraction of sp³-hybridized carbons (Fsp3) is 0.385. The number of fused-ring (bicyclic) bond motifs is 1. The molecule has 174 valence electrons. The minimum absolute atomic E-state index is 0.000774. The van der Waals surface area contributed by atoms with Crippen LogP contribution in [0.3, 0.4) is 0 Å². The zero-order chi connectivity index (χ0) is 23.2. The fourth-order valence-corrected chi connectivity index (χ4v) is 4.53. The lowest BCUT2D eigenvalue weighted by atomic mass is 9.89. The van der Waals surface area contributed by atoms with Crippen LogP contribution in [0.2, 0.25) is 5.02 Å². The fourth-order valence-electron chi connectivity index (χ4n) is 4.40. The number of amides is 2. The molecule has 0 aromatic heterocycles. The molecule has 2 aliphatic rings. The average molecular weight is 469 g/mol. The standard InChI is InChI=1S/C26H29ClN2O4/c1-32-15-14-28-25(30)20-10-6-18(7-11-20)16-24-26(31)29(17-19-8-12-21(27)13-9-19)22-4-2-3-5-23(22)33-24/h6-13,16,22-23H,2-5,14-15,17H2,1H3,(H,28,30)/b24-16-. The quantitative estimate of drug-likeness (QED) is 0.482. The molecule has 2 aromatic rings. The predicted molar refractivity (Wildman–Crippen MR) is 128 cm³/mol. The van der Waals surface area contributed by atoms with E-state index in [1.165, 1.54) is 0 Å². The Morgan fingerprint density at radius 3 is 2.61 bits per heavy atom. The first-order valence-corrected chi connectivity index (χ1v) is 11.7. The first-order valence-electron chi connectivity index (χ1n) is 11.4. The number of benzene rings is 2. The molecule has 1 N–H and O–H groups in total. The third kappa shape index (κ3) is 5.75. The highest BCUT2D eigenvalue weighted by Gasteiger charge is 2.41. The number of carbonyl (C=O) groups excluding carboxylic acids is 2. The molecular formula is C26H29ClN2O4. The molecule has 1 aliphatic carbocycles. The van der Waals surface area contributed by atoms with E-state index in [9.17, 15) is 9.59 Å². The number of halogens is 1. The molecule has 2 amide bonds. The van der Waals surface area contributed by atoms with Crippen LogP contribution in [0.15, 0.2) is 54.3 Å². The molecule has 1 saturated carbocycles. The molecule has 0 bridgehead atoms. The molecule has 0 radical (unpaired) electrons. The van der Waals surface area contributed by atoms with Crippen molar-refractivity contribution in [1.82, 2.24) is 10.2 Å². The lowest BCUT2D eigenvalue weighted by Crippen LogP contribution is -2.54. The molecule has 7 heteroatoms. The van der Waals surface area contributed by atoms with Crippen LogP contribution in [0, 0.1) is 0 Å². The first kappa shape index (κ1) is 23.3. The third-order valence-electron chi connectivity index (χ3n) is 6.15. The highest BCUT2D eigenvalue weighted by molar-refractivity contribution is 6.30. The lowest BCUT2D eigenvalue weighted by Gasteiger charge is -2.44. The van der Waals surface area contributed by atoms with Crippen molar-refractivity contribution in [3.63, 3.8) is 0 Å². The van der Waals surface area contributed by atoms with E-state index < -0.39 is 0 Å². The summed E-state index contributed by atoms with van der Waals surface area (Å²) in [6.45, 7) is 1.44. The number of nitrogens with zero attached hydrogens (tertiary/aromatic N) is 1. The Balaban J connectivity index is 1.52. The molecule has 4 rings (SSSR count). The number of rotatable bonds is 7. The van der Waals surface area contributed by atoms with Gasteiger partial charge in [0.15, 0.2) is 5.76 Å². The van der Waals surface area contributed by atoms with Crippen LogP contribution in [-0.2, 0) is 20.8 Å². The second-order valence-electron chi connectivity index (χ2n) is 8.45. The van der Waals surface area contributed by atoms with Gasteiger partial charge in [-0.15, -0.1) is 0 Å². The minimum atomic E-state index is -0.157. The zero-order valence-electron chi connectivity index (χ0n) is 18.8. The number of hydrogen-bond donors (Lipinski definition) is 1. The maximum Gasteiger partial charge on any atom is 0.289 e. The number of nitrogens with one attached hydrogen (secondary N) is 1. The van der Waals surface area contributed by atoms with Crippen LogP contribution >= 0.6 is 11.6 Å². The molecule has 33 heavy (non-hydrogen) atoms. The van der Waals surface area contributed by atoms with Crippen molar-refractivity contribution < 1.29 is 19.1 Å². The SMILES string of the molecule is COCCNC(=O)c1ccc(/C=C2\OC3CCCCC3N(Cc3ccc(Cl)cc3)C2=O)cc1. The van der Waals surface area contributed by atoms with Gasteiger partial charge in [-0.1, -0.05) is 42.3 Å². The Morgan fingerprint density at radius 1 is 1.15 bits per heavy atom. The van der Waals surface area contributed by atoms with E-state index in [0.29, 0.717) is 36.0 Å². The molecular weight excluding hydrogens is 440 g/mol. The van der Waals surface area contributed by atoms with E-state index in [4.69, 9.17) is 21.1 Å². The summed E-state index contributed by atoms with van der Waals surface area (Å²) in [5, 5.41) is 3.48. The monoisotopic (exact) mass is 468 g/mol. The maximum absolute atomic E-state index is 13.4. The normalized spacial score (nSPS) is 21.5. The maximum atomic E-state index is 13.4. The number of methoxy groups -OCH3 is 1. The predicted octanol–water partition coefficient (Wildman–Crippen LogP) is 4.43.